The van der Waals surface area contributed by atoms with E-state index in [-0.39, 0.29) is 12.2 Å². The maximum atomic E-state index is 11.1. The van der Waals surface area contributed by atoms with Gasteiger partial charge in [0.25, 0.3) is 5.69 Å². The Balaban J connectivity index is 2.25. The molecule has 6 nitrogen and oxygen atoms in total. The lowest BCUT2D eigenvalue weighted by Gasteiger charge is -2.10. The zero-order valence-corrected chi connectivity index (χ0v) is 13.5. The lowest BCUT2D eigenvalue weighted by atomic mass is 10.00. The number of nitro benzene ring substituents is 1. The maximum absolute atomic E-state index is 11.1. The number of rotatable bonds is 2. The second-order valence-corrected chi connectivity index (χ2v) is 5.87. The van der Waals surface area contributed by atoms with Crippen molar-refractivity contribution in [3.05, 3.63) is 67.3 Å². The van der Waals surface area contributed by atoms with Gasteiger partial charge < -0.3 is 5.73 Å². The largest absolute Gasteiger partial charge is 0.386 e. The van der Waals surface area contributed by atoms with Crippen molar-refractivity contribution >= 4 is 45.5 Å². The van der Waals surface area contributed by atoms with E-state index in [9.17, 15) is 10.1 Å². The molecular formula is C15H11IN4O2. The third-order valence-corrected chi connectivity index (χ3v) is 4.18. The van der Waals surface area contributed by atoms with Crippen LogP contribution in [0.25, 0.3) is 0 Å². The summed E-state index contributed by atoms with van der Waals surface area (Å²) in [6.07, 6.45) is 0. The Kier molecular flexibility index (Phi) is 3.88. The van der Waals surface area contributed by atoms with Crippen LogP contribution in [-0.4, -0.2) is 23.0 Å². The highest BCUT2D eigenvalue weighted by molar-refractivity contribution is 14.1. The summed E-state index contributed by atoms with van der Waals surface area (Å²) in [5.41, 5.74) is 8.65. The van der Waals surface area contributed by atoms with Gasteiger partial charge in [-0.15, -0.1) is 0 Å². The minimum atomic E-state index is -0.425. The van der Waals surface area contributed by atoms with Crippen LogP contribution in [0.2, 0.25) is 0 Å². The van der Waals surface area contributed by atoms with E-state index < -0.39 is 4.92 Å². The molecule has 22 heavy (non-hydrogen) atoms. The van der Waals surface area contributed by atoms with Gasteiger partial charge in [-0.1, -0.05) is 18.2 Å². The van der Waals surface area contributed by atoms with Crippen molar-refractivity contribution in [2.45, 2.75) is 0 Å². The molecule has 0 amide bonds. The summed E-state index contributed by atoms with van der Waals surface area (Å²) in [5.74, 6) is 0.385. The van der Waals surface area contributed by atoms with Gasteiger partial charge in [-0.2, -0.15) is 0 Å². The van der Waals surface area contributed by atoms with E-state index in [1.165, 1.54) is 12.1 Å². The van der Waals surface area contributed by atoms with Crippen LogP contribution in [-0.2, 0) is 0 Å². The van der Waals surface area contributed by atoms with E-state index in [0.29, 0.717) is 22.8 Å². The van der Waals surface area contributed by atoms with Gasteiger partial charge in [-0.3, -0.25) is 15.1 Å². The third kappa shape index (κ3) is 2.71. The number of fused-ring (bicyclic) bond motifs is 1. The molecule has 0 saturated carbocycles. The predicted molar refractivity (Wildman–Crippen MR) is 94.0 cm³/mol. The number of aliphatic imine (C=N–C) groups is 2. The average Bonchev–Trinajstić information content (AvgIpc) is 2.65. The molecule has 0 unspecified atom stereocenters. The Hall–Kier alpha value is -2.29. The fourth-order valence-corrected chi connectivity index (χ4v) is 2.89. The Morgan fingerprint density at radius 3 is 2.68 bits per heavy atom. The molecule has 0 aliphatic carbocycles. The normalized spacial score (nSPS) is 13.7. The van der Waals surface area contributed by atoms with Crippen LogP contribution < -0.4 is 5.73 Å². The van der Waals surface area contributed by atoms with Gasteiger partial charge in [0.05, 0.1) is 22.9 Å². The van der Waals surface area contributed by atoms with E-state index in [1.807, 2.05) is 24.3 Å². The van der Waals surface area contributed by atoms with E-state index in [4.69, 9.17) is 5.73 Å². The first-order valence-corrected chi connectivity index (χ1v) is 7.55. The fraction of sp³-hybridized carbons (Fsp3) is 0.0667. The van der Waals surface area contributed by atoms with Gasteiger partial charge >= 0.3 is 0 Å². The molecule has 1 aliphatic rings. The molecule has 1 aliphatic heterocycles. The molecule has 0 saturated heterocycles. The Morgan fingerprint density at radius 1 is 1.18 bits per heavy atom. The summed E-state index contributed by atoms with van der Waals surface area (Å²) in [7, 11) is 0. The van der Waals surface area contributed by atoms with E-state index in [1.54, 1.807) is 6.07 Å². The van der Waals surface area contributed by atoms with E-state index >= 15 is 0 Å². The van der Waals surface area contributed by atoms with Crippen molar-refractivity contribution in [2.24, 2.45) is 15.7 Å². The Morgan fingerprint density at radius 2 is 1.95 bits per heavy atom. The Bertz CT molecular complexity index is 830. The van der Waals surface area contributed by atoms with Crippen molar-refractivity contribution in [1.29, 1.82) is 0 Å². The van der Waals surface area contributed by atoms with Crippen LogP contribution in [0.5, 0.6) is 0 Å². The number of benzene rings is 2. The molecule has 2 aromatic carbocycles. The smallest absolute Gasteiger partial charge is 0.270 e. The second-order valence-electron chi connectivity index (χ2n) is 4.71. The van der Waals surface area contributed by atoms with Gasteiger partial charge in [0.2, 0.25) is 0 Å². The zero-order valence-electron chi connectivity index (χ0n) is 11.4. The van der Waals surface area contributed by atoms with Gasteiger partial charge in [-0.25, -0.2) is 4.99 Å². The van der Waals surface area contributed by atoms with Gasteiger partial charge in [0, 0.05) is 26.8 Å². The van der Waals surface area contributed by atoms with E-state index in [2.05, 4.69) is 32.6 Å². The highest BCUT2D eigenvalue weighted by Crippen LogP contribution is 2.30. The number of nitrogens with two attached hydrogens (primary N) is 1. The number of non-ortho nitro benzene ring substituents is 1. The molecule has 0 radical (unpaired) electrons. The van der Waals surface area contributed by atoms with Crippen LogP contribution in [0, 0.1) is 13.7 Å². The van der Waals surface area contributed by atoms with Crippen molar-refractivity contribution in [1.82, 2.24) is 0 Å². The average molecular weight is 406 g/mol. The van der Waals surface area contributed by atoms with Crippen molar-refractivity contribution < 1.29 is 4.92 Å². The van der Waals surface area contributed by atoms with Crippen LogP contribution >= 0.6 is 22.6 Å². The van der Waals surface area contributed by atoms with Crippen LogP contribution in [0.15, 0.2) is 52.4 Å². The number of hydrogen-bond acceptors (Lipinski definition) is 5. The molecule has 0 aromatic heterocycles. The second kappa shape index (κ2) is 5.84. The van der Waals surface area contributed by atoms with Crippen molar-refractivity contribution in [3.8, 4) is 0 Å². The van der Waals surface area contributed by atoms with Crippen LogP contribution in [0.4, 0.5) is 11.4 Å². The highest BCUT2D eigenvalue weighted by atomic mass is 127. The molecule has 0 spiro atoms. The Labute approximate surface area is 140 Å². The first-order valence-electron chi connectivity index (χ1n) is 6.47. The lowest BCUT2D eigenvalue weighted by molar-refractivity contribution is -0.384. The van der Waals surface area contributed by atoms with Crippen molar-refractivity contribution in [3.63, 3.8) is 0 Å². The van der Waals surface area contributed by atoms with Gasteiger partial charge in [-0.05, 0) is 34.7 Å². The standard InChI is InChI=1S/C15H11IN4O2/c16-12-4-2-1-3-10(12)15-11-7-9(20(21)22)5-6-13(11)19-14(17)8-18-15/h1-7H,8H2,(H2,17,19). The van der Waals surface area contributed by atoms with Gasteiger partial charge in [0.15, 0.2) is 0 Å². The van der Waals surface area contributed by atoms with E-state index in [0.717, 1.165) is 9.13 Å². The number of hydrogen-bond donors (Lipinski definition) is 1. The van der Waals surface area contributed by atoms with Crippen LogP contribution in [0.1, 0.15) is 11.1 Å². The molecule has 2 N–H and O–H groups in total. The summed E-state index contributed by atoms with van der Waals surface area (Å²) < 4.78 is 1.01. The molecule has 0 fully saturated rings. The minimum absolute atomic E-state index is 0.00746. The summed E-state index contributed by atoms with van der Waals surface area (Å²) in [6.45, 7) is 0.267. The molecule has 0 atom stereocenters. The SMILES string of the molecule is NC1=Nc2ccc([N+](=O)[O-])cc2C(c2ccccc2I)=NC1. The fourth-order valence-electron chi connectivity index (χ4n) is 2.24. The zero-order chi connectivity index (χ0) is 15.7. The van der Waals surface area contributed by atoms with Crippen LogP contribution in [0.3, 0.4) is 0 Å². The quantitative estimate of drug-likeness (QED) is 0.472. The molecule has 110 valence electrons. The van der Waals surface area contributed by atoms with Crippen molar-refractivity contribution in [2.75, 3.05) is 6.54 Å². The summed E-state index contributed by atoms with van der Waals surface area (Å²) in [6, 6.07) is 12.3. The maximum Gasteiger partial charge on any atom is 0.270 e. The number of amidine groups is 1. The summed E-state index contributed by atoms with van der Waals surface area (Å²) >= 11 is 2.22. The summed E-state index contributed by atoms with van der Waals surface area (Å²) in [5, 5.41) is 11.1. The first kappa shape index (κ1) is 14.6. The molecule has 7 heteroatoms. The number of halogens is 1. The lowest BCUT2D eigenvalue weighted by Crippen LogP contribution is -2.15. The topological polar surface area (TPSA) is 93.9 Å². The highest BCUT2D eigenvalue weighted by Gasteiger charge is 2.20. The first-order chi connectivity index (χ1) is 10.6. The monoisotopic (exact) mass is 406 g/mol. The molecule has 3 rings (SSSR count). The number of nitro groups is 1. The summed E-state index contributed by atoms with van der Waals surface area (Å²) in [4.78, 5) is 19.4. The minimum Gasteiger partial charge on any atom is -0.386 e. The molecular weight excluding hydrogens is 395 g/mol. The molecule has 0 bridgehead atoms. The molecule has 2 aromatic rings. The number of nitrogens with zero attached hydrogens (tertiary/aromatic N) is 3. The molecule has 1 heterocycles. The van der Waals surface area contributed by atoms with Gasteiger partial charge in [0.1, 0.15) is 5.84 Å². The third-order valence-electron chi connectivity index (χ3n) is 3.24. The predicted octanol–water partition coefficient (Wildman–Crippen LogP) is 3.04.